The van der Waals surface area contributed by atoms with Gasteiger partial charge in [0.25, 0.3) is 0 Å². The average molecular weight is 525 g/mol. The van der Waals surface area contributed by atoms with Crippen molar-refractivity contribution in [3.63, 3.8) is 0 Å². The SMILES string of the molecule is CC(C)N([C@@H](C)C(=O)NC(c1ccc(C(F)(F)F)cc1)c1ccncn1)S(=O)(=O)c1ccc(F)cc1. The molecule has 3 aromatic rings. The highest BCUT2D eigenvalue weighted by atomic mass is 32.2. The van der Waals surface area contributed by atoms with E-state index in [0.717, 1.165) is 40.7 Å². The van der Waals surface area contributed by atoms with Crippen LogP contribution in [-0.4, -0.2) is 40.7 Å². The third-order valence-corrected chi connectivity index (χ3v) is 7.58. The molecule has 192 valence electrons. The van der Waals surface area contributed by atoms with E-state index in [4.69, 9.17) is 0 Å². The van der Waals surface area contributed by atoms with Gasteiger partial charge in [-0.1, -0.05) is 12.1 Å². The number of nitrogens with zero attached hydrogens (tertiary/aromatic N) is 3. The van der Waals surface area contributed by atoms with Gasteiger partial charge in [0.1, 0.15) is 18.2 Å². The summed E-state index contributed by atoms with van der Waals surface area (Å²) < 4.78 is 80.0. The molecule has 2 atom stereocenters. The molecule has 0 bridgehead atoms. The molecule has 0 radical (unpaired) electrons. The minimum atomic E-state index is -4.53. The maximum absolute atomic E-state index is 13.3. The molecule has 3 rings (SSSR count). The molecule has 1 N–H and O–H groups in total. The predicted octanol–water partition coefficient (Wildman–Crippen LogP) is 4.33. The number of hydrogen-bond acceptors (Lipinski definition) is 5. The van der Waals surface area contributed by atoms with E-state index in [1.807, 2.05) is 0 Å². The maximum atomic E-state index is 13.3. The van der Waals surface area contributed by atoms with Crippen LogP contribution in [0.4, 0.5) is 17.6 Å². The molecule has 0 fully saturated rings. The Hall–Kier alpha value is -3.38. The first-order chi connectivity index (χ1) is 16.8. The predicted molar refractivity (Wildman–Crippen MR) is 123 cm³/mol. The molecule has 2 aromatic carbocycles. The van der Waals surface area contributed by atoms with Crippen LogP contribution in [0, 0.1) is 5.82 Å². The van der Waals surface area contributed by atoms with Gasteiger partial charge in [-0.05, 0) is 68.8 Å². The highest BCUT2D eigenvalue weighted by molar-refractivity contribution is 7.89. The van der Waals surface area contributed by atoms with Gasteiger partial charge in [0.2, 0.25) is 15.9 Å². The molecule has 0 aliphatic carbocycles. The van der Waals surface area contributed by atoms with Crippen LogP contribution in [-0.2, 0) is 21.0 Å². The van der Waals surface area contributed by atoms with Gasteiger partial charge < -0.3 is 5.32 Å². The fourth-order valence-corrected chi connectivity index (χ4v) is 5.49. The lowest BCUT2D eigenvalue weighted by Crippen LogP contribution is -2.51. The van der Waals surface area contributed by atoms with Crippen molar-refractivity contribution >= 4 is 15.9 Å². The monoisotopic (exact) mass is 524 g/mol. The average Bonchev–Trinajstić information content (AvgIpc) is 2.82. The van der Waals surface area contributed by atoms with Gasteiger partial charge in [0, 0.05) is 12.2 Å². The number of hydrogen-bond donors (Lipinski definition) is 1. The zero-order valence-corrected chi connectivity index (χ0v) is 20.4. The molecule has 0 spiro atoms. The van der Waals surface area contributed by atoms with E-state index in [1.165, 1.54) is 37.6 Å². The molecular formula is C24H24F4N4O3S. The Morgan fingerprint density at radius 3 is 2.08 bits per heavy atom. The number of sulfonamides is 1. The number of amides is 1. The molecule has 12 heteroatoms. The number of rotatable bonds is 8. The molecule has 1 unspecified atom stereocenters. The van der Waals surface area contributed by atoms with Gasteiger partial charge in [0.15, 0.2) is 0 Å². The number of carbonyl (C=O) groups is 1. The van der Waals surface area contributed by atoms with E-state index in [-0.39, 0.29) is 4.90 Å². The first-order valence-corrected chi connectivity index (χ1v) is 12.3. The van der Waals surface area contributed by atoms with Gasteiger partial charge in [-0.15, -0.1) is 0 Å². The minimum absolute atomic E-state index is 0.188. The van der Waals surface area contributed by atoms with Crippen molar-refractivity contribution in [1.29, 1.82) is 0 Å². The first-order valence-electron chi connectivity index (χ1n) is 10.8. The normalized spacial score (nSPS) is 14.0. The van der Waals surface area contributed by atoms with Crippen molar-refractivity contribution in [2.45, 2.75) is 50.0 Å². The third-order valence-electron chi connectivity index (χ3n) is 5.42. The van der Waals surface area contributed by atoms with Crippen LogP contribution in [0.25, 0.3) is 0 Å². The van der Waals surface area contributed by atoms with E-state index < -0.39 is 51.6 Å². The minimum Gasteiger partial charge on any atom is -0.342 e. The Balaban J connectivity index is 1.94. The van der Waals surface area contributed by atoms with Crippen LogP contribution >= 0.6 is 0 Å². The second-order valence-corrected chi connectivity index (χ2v) is 10.1. The fourth-order valence-electron chi connectivity index (χ4n) is 3.70. The molecule has 0 saturated heterocycles. The number of halogens is 4. The third kappa shape index (κ3) is 6.05. The van der Waals surface area contributed by atoms with Crippen molar-refractivity contribution in [1.82, 2.24) is 19.6 Å². The molecule has 7 nitrogen and oxygen atoms in total. The lowest BCUT2D eigenvalue weighted by molar-refractivity contribution is -0.137. The Labute approximate surface area is 206 Å². The van der Waals surface area contributed by atoms with Crippen molar-refractivity contribution in [2.75, 3.05) is 0 Å². The van der Waals surface area contributed by atoms with E-state index in [9.17, 15) is 30.8 Å². The lowest BCUT2D eigenvalue weighted by Gasteiger charge is -2.32. The number of aromatic nitrogens is 2. The van der Waals surface area contributed by atoms with Gasteiger partial charge in [0.05, 0.1) is 22.2 Å². The van der Waals surface area contributed by atoms with Crippen LogP contribution in [0.15, 0.2) is 72.0 Å². The van der Waals surface area contributed by atoms with Crippen LogP contribution < -0.4 is 5.32 Å². The van der Waals surface area contributed by atoms with Crippen molar-refractivity contribution < 1.29 is 30.8 Å². The Morgan fingerprint density at radius 1 is 0.972 bits per heavy atom. The van der Waals surface area contributed by atoms with Gasteiger partial charge >= 0.3 is 6.18 Å². The maximum Gasteiger partial charge on any atom is 0.416 e. The quantitative estimate of drug-likeness (QED) is 0.443. The van der Waals surface area contributed by atoms with Gasteiger partial charge in [-0.25, -0.2) is 22.8 Å². The topological polar surface area (TPSA) is 92.3 Å². The van der Waals surface area contributed by atoms with Gasteiger partial charge in [-0.3, -0.25) is 4.79 Å². The van der Waals surface area contributed by atoms with E-state index in [0.29, 0.717) is 11.3 Å². The van der Waals surface area contributed by atoms with Crippen LogP contribution in [0.5, 0.6) is 0 Å². The number of carbonyl (C=O) groups excluding carboxylic acids is 1. The number of nitrogens with one attached hydrogen (secondary N) is 1. The second-order valence-electron chi connectivity index (χ2n) is 8.25. The fraction of sp³-hybridized carbons (Fsp3) is 0.292. The smallest absolute Gasteiger partial charge is 0.342 e. The van der Waals surface area contributed by atoms with Crippen LogP contribution in [0.3, 0.4) is 0 Å². The summed E-state index contributed by atoms with van der Waals surface area (Å²) in [5.74, 6) is -1.32. The standard InChI is InChI=1S/C24H24F4N4O3S/c1-15(2)32(36(34,35)20-10-8-19(25)9-11-20)16(3)23(33)31-22(21-12-13-29-14-30-21)17-4-6-18(7-5-17)24(26,27)28/h4-16,22H,1-3H3,(H,31,33)/t16-,22?/m0/s1. The molecule has 0 aliphatic rings. The Bertz CT molecular complexity index is 1280. The summed E-state index contributed by atoms with van der Waals surface area (Å²) in [6.45, 7) is 4.56. The van der Waals surface area contributed by atoms with E-state index in [2.05, 4.69) is 15.3 Å². The lowest BCUT2D eigenvalue weighted by atomic mass is 10.0. The van der Waals surface area contributed by atoms with Crippen LogP contribution in [0.2, 0.25) is 0 Å². The highest BCUT2D eigenvalue weighted by Crippen LogP contribution is 2.31. The highest BCUT2D eigenvalue weighted by Gasteiger charge is 2.36. The number of alkyl halides is 3. The molecule has 0 aliphatic heterocycles. The molecular weight excluding hydrogens is 500 g/mol. The molecule has 36 heavy (non-hydrogen) atoms. The zero-order valence-electron chi connectivity index (χ0n) is 19.6. The summed E-state index contributed by atoms with van der Waals surface area (Å²) in [7, 11) is -4.19. The Morgan fingerprint density at radius 2 is 1.58 bits per heavy atom. The summed E-state index contributed by atoms with van der Waals surface area (Å²) in [5, 5.41) is 2.70. The first kappa shape index (κ1) is 27.2. The summed E-state index contributed by atoms with van der Waals surface area (Å²) in [6.07, 6.45) is -1.90. The van der Waals surface area contributed by atoms with E-state index in [1.54, 1.807) is 13.8 Å². The second kappa shape index (κ2) is 10.7. The van der Waals surface area contributed by atoms with Crippen molar-refractivity contribution in [3.05, 3.63) is 89.8 Å². The van der Waals surface area contributed by atoms with E-state index >= 15 is 0 Å². The van der Waals surface area contributed by atoms with Crippen molar-refractivity contribution in [2.24, 2.45) is 0 Å². The summed E-state index contributed by atoms with van der Waals surface area (Å²) in [4.78, 5) is 21.0. The zero-order chi connectivity index (χ0) is 26.7. The van der Waals surface area contributed by atoms with Crippen molar-refractivity contribution in [3.8, 4) is 0 Å². The Kier molecular flexibility index (Phi) is 8.09. The van der Waals surface area contributed by atoms with Gasteiger partial charge in [-0.2, -0.15) is 17.5 Å². The summed E-state index contributed by atoms with van der Waals surface area (Å²) in [5.41, 5.74) is -0.258. The summed E-state index contributed by atoms with van der Waals surface area (Å²) in [6, 6.07) is 7.08. The number of benzene rings is 2. The largest absolute Gasteiger partial charge is 0.416 e. The summed E-state index contributed by atoms with van der Waals surface area (Å²) >= 11 is 0. The molecule has 1 aromatic heterocycles. The molecule has 1 amide bonds. The molecule has 0 saturated carbocycles. The van der Waals surface area contributed by atoms with Crippen LogP contribution in [0.1, 0.15) is 43.6 Å². The molecule has 1 heterocycles.